The molecular formula is C15H19N5. The lowest BCUT2D eigenvalue weighted by molar-refractivity contribution is 0.852. The molecule has 0 bridgehead atoms. The Bertz CT molecular complexity index is 585. The highest BCUT2D eigenvalue weighted by Crippen LogP contribution is 2.20. The maximum atomic E-state index is 4.55. The van der Waals surface area contributed by atoms with Gasteiger partial charge in [0.05, 0.1) is 6.20 Å². The highest BCUT2D eigenvalue weighted by Gasteiger charge is 2.15. The molecule has 1 saturated heterocycles. The van der Waals surface area contributed by atoms with Gasteiger partial charge in [0.15, 0.2) is 5.82 Å². The SMILES string of the molecule is Cc1cc(C)cc(Nc2cnnc(N3CCCC3)n2)c1. The Morgan fingerprint density at radius 2 is 1.75 bits per heavy atom. The Balaban J connectivity index is 1.81. The minimum atomic E-state index is 0.719. The third kappa shape index (κ3) is 2.87. The Labute approximate surface area is 119 Å². The molecule has 0 aliphatic carbocycles. The maximum absolute atomic E-state index is 4.55. The molecule has 5 nitrogen and oxygen atoms in total. The van der Waals surface area contributed by atoms with Gasteiger partial charge in [-0.05, 0) is 49.9 Å². The van der Waals surface area contributed by atoms with Crippen LogP contribution in [0.3, 0.4) is 0 Å². The van der Waals surface area contributed by atoms with Crippen LogP contribution in [-0.2, 0) is 0 Å². The molecule has 0 radical (unpaired) electrons. The van der Waals surface area contributed by atoms with E-state index in [1.165, 1.54) is 24.0 Å². The molecule has 2 heterocycles. The summed E-state index contributed by atoms with van der Waals surface area (Å²) in [6, 6.07) is 6.36. The topological polar surface area (TPSA) is 53.9 Å². The molecule has 1 aliphatic heterocycles. The van der Waals surface area contributed by atoms with E-state index in [0.717, 1.165) is 30.5 Å². The first-order valence-corrected chi connectivity index (χ1v) is 7.01. The number of rotatable bonds is 3. The van der Waals surface area contributed by atoms with Crippen LogP contribution in [0.2, 0.25) is 0 Å². The van der Waals surface area contributed by atoms with Crippen LogP contribution >= 0.6 is 0 Å². The van der Waals surface area contributed by atoms with Crippen molar-refractivity contribution in [2.75, 3.05) is 23.3 Å². The quantitative estimate of drug-likeness (QED) is 0.928. The molecule has 0 saturated carbocycles. The first kappa shape index (κ1) is 12.8. The molecule has 1 aromatic carbocycles. The van der Waals surface area contributed by atoms with Crippen molar-refractivity contribution in [3.8, 4) is 0 Å². The predicted molar refractivity (Wildman–Crippen MR) is 80.5 cm³/mol. The summed E-state index contributed by atoms with van der Waals surface area (Å²) in [6.07, 6.45) is 4.08. The lowest BCUT2D eigenvalue weighted by atomic mass is 10.1. The van der Waals surface area contributed by atoms with Crippen LogP contribution < -0.4 is 10.2 Å². The summed E-state index contributed by atoms with van der Waals surface area (Å²) in [6.45, 7) is 6.22. The van der Waals surface area contributed by atoms with Crippen LogP contribution in [-0.4, -0.2) is 28.3 Å². The smallest absolute Gasteiger partial charge is 0.247 e. The van der Waals surface area contributed by atoms with Gasteiger partial charge >= 0.3 is 0 Å². The summed E-state index contributed by atoms with van der Waals surface area (Å²) in [5.74, 6) is 1.46. The van der Waals surface area contributed by atoms with Crippen molar-refractivity contribution in [1.29, 1.82) is 0 Å². The fourth-order valence-electron chi connectivity index (χ4n) is 2.60. The second-order valence-corrected chi connectivity index (χ2v) is 5.34. The average molecular weight is 269 g/mol. The van der Waals surface area contributed by atoms with Crippen molar-refractivity contribution in [1.82, 2.24) is 15.2 Å². The number of anilines is 3. The summed E-state index contributed by atoms with van der Waals surface area (Å²) in [4.78, 5) is 6.73. The number of nitrogens with zero attached hydrogens (tertiary/aromatic N) is 4. The zero-order valence-electron chi connectivity index (χ0n) is 11.9. The molecule has 1 aliphatic rings. The Morgan fingerprint density at radius 3 is 2.45 bits per heavy atom. The Hall–Kier alpha value is -2.17. The molecule has 3 rings (SSSR count). The molecular weight excluding hydrogens is 250 g/mol. The predicted octanol–water partition coefficient (Wildman–Crippen LogP) is 2.83. The number of benzene rings is 1. The van der Waals surface area contributed by atoms with Gasteiger partial charge < -0.3 is 10.2 Å². The second-order valence-electron chi connectivity index (χ2n) is 5.34. The van der Waals surface area contributed by atoms with Crippen LogP contribution in [0, 0.1) is 13.8 Å². The molecule has 0 atom stereocenters. The van der Waals surface area contributed by atoms with E-state index >= 15 is 0 Å². The zero-order valence-corrected chi connectivity index (χ0v) is 11.9. The summed E-state index contributed by atoms with van der Waals surface area (Å²) >= 11 is 0. The molecule has 1 aromatic heterocycles. The molecule has 0 amide bonds. The van der Waals surface area contributed by atoms with Crippen LogP contribution in [0.15, 0.2) is 24.4 Å². The van der Waals surface area contributed by atoms with Crippen LogP contribution in [0.4, 0.5) is 17.5 Å². The monoisotopic (exact) mass is 269 g/mol. The molecule has 104 valence electrons. The number of hydrogen-bond donors (Lipinski definition) is 1. The normalized spacial score (nSPS) is 14.6. The van der Waals surface area contributed by atoms with Gasteiger partial charge in [-0.3, -0.25) is 0 Å². The van der Waals surface area contributed by atoms with Gasteiger partial charge in [0.2, 0.25) is 5.95 Å². The average Bonchev–Trinajstić information content (AvgIpc) is 2.91. The van der Waals surface area contributed by atoms with Crippen molar-refractivity contribution >= 4 is 17.5 Å². The van der Waals surface area contributed by atoms with Gasteiger partial charge in [0.25, 0.3) is 0 Å². The first-order chi connectivity index (χ1) is 9.70. The fraction of sp³-hybridized carbons (Fsp3) is 0.400. The van der Waals surface area contributed by atoms with Crippen LogP contribution in [0.5, 0.6) is 0 Å². The molecule has 2 aromatic rings. The minimum Gasteiger partial charge on any atom is -0.339 e. The van der Waals surface area contributed by atoms with E-state index in [4.69, 9.17) is 0 Å². The molecule has 5 heteroatoms. The van der Waals surface area contributed by atoms with E-state index in [2.05, 4.69) is 57.4 Å². The third-order valence-electron chi connectivity index (χ3n) is 3.43. The van der Waals surface area contributed by atoms with E-state index in [1.807, 2.05) is 0 Å². The van der Waals surface area contributed by atoms with Crippen LogP contribution in [0.1, 0.15) is 24.0 Å². The lowest BCUT2D eigenvalue weighted by Crippen LogP contribution is -2.21. The standard InChI is InChI=1S/C15H19N5/c1-11-7-12(2)9-13(8-11)17-14-10-16-19-15(18-14)20-5-3-4-6-20/h7-10H,3-6H2,1-2H3,(H,17,18,19). The number of hydrogen-bond acceptors (Lipinski definition) is 5. The molecule has 0 spiro atoms. The summed E-state index contributed by atoms with van der Waals surface area (Å²) < 4.78 is 0. The molecule has 1 N–H and O–H groups in total. The van der Waals surface area contributed by atoms with Gasteiger partial charge in [0, 0.05) is 18.8 Å². The Kier molecular flexibility index (Phi) is 3.50. The van der Waals surface area contributed by atoms with Gasteiger partial charge in [-0.2, -0.15) is 10.1 Å². The minimum absolute atomic E-state index is 0.719. The van der Waals surface area contributed by atoms with Gasteiger partial charge in [-0.1, -0.05) is 6.07 Å². The van der Waals surface area contributed by atoms with Crippen molar-refractivity contribution < 1.29 is 0 Å². The zero-order chi connectivity index (χ0) is 13.9. The maximum Gasteiger partial charge on any atom is 0.247 e. The second kappa shape index (κ2) is 5.45. The van der Waals surface area contributed by atoms with Crippen molar-refractivity contribution in [3.63, 3.8) is 0 Å². The van der Waals surface area contributed by atoms with Crippen molar-refractivity contribution in [3.05, 3.63) is 35.5 Å². The molecule has 1 fully saturated rings. The largest absolute Gasteiger partial charge is 0.339 e. The highest BCUT2D eigenvalue weighted by molar-refractivity contribution is 5.58. The van der Waals surface area contributed by atoms with E-state index in [-0.39, 0.29) is 0 Å². The van der Waals surface area contributed by atoms with Gasteiger partial charge in [0.1, 0.15) is 0 Å². The molecule has 0 unspecified atom stereocenters. The van der Waals surface area contributed by atoms with E-state index in [0.29, 0.717) is 0 Å². The summed E-state index contributed by atoms with van der Waals surface area (Å²) in [5.41, 5.74) is 3.50. The third-order valence-corrected chi connectivity index (χ3v) is 3.43. The highest BCUT2D eigenvalue weighted by atomic mass is 15.3. The summed E-state index contributed by atoms with van der Waals surface area (Å²) in [7, 11) is 0. The number of aromatic nitrogens is 3. The number of aryl methyl sites for hydroxylation is 2. The first-order valence-electron chi connectivity index (χ1n) is 7.01. The molecule has 20 heavy (non-hydrogen) atoms. The lowest BCUT2D eigenvalue weighted by Gasteiger charge is -2.15. The number of nitrogens with one attached hydrogen (secondary N) is 1. The van der Waals surface area contributed by atoms with Gasteiger partial charge in [-0.15, -0.1) is 5.10 Å². The van der Waals surface area contributed by atoms with Crippen molar-refractivity contribution in [2.24, 2.45) is 0 Å². The fourth-order valence-corrected chi connectivity index (χ4v) is 2.60. The Morgan fingerprint density at radius 1 is 1.05 bits per heavy atom. The van der Waals surface area contributed by atoms with Crippen LogP contribution in [0.25, 0.3) is 0 Å². The summed E-state index contributed by atoms with van der Waals surface area (Å²) in [5, 5.41) is 11.5. The van der Waals surface area contributed by atoms with Gasteiger partial charge in [-0.25, -0.2) is 0 Å². The van der Waals surface area contributed by atoms with E-state index in [9.17, 15) is 0 Å². The van der Waals surface area contributed by atoms with E-state index < -0.39 is 0 Å². The van der Waals surface area contributed by atoms with E-state index in [1.54, 1.807) is 6.20 Å². The van der Waals surface area contributed by atoms with Crippen molar-refractivity contribution in [2.45, 2.75) is 26.7 Å².